The Morgan fingerprint density at radius 2 is 2.15 bits per heavy atom. The number of nitrogens with one attached hydrogen (secondary N) is 1. The molecule has 0 saturated carbocycles. The number of imidazole rings is 1. The number of methoxy groups -OCH3 is 1. The highest BCUT2D eigenvalue weighted by Crippen LogP contribution is 2.17. The van der Waals surface area contributed by atoms with Gasteiger partial charge in [-0.2, -0.15) is 5.10 Å². The molecule has 6 heteroatoms. The van der Waals surface area contributed by atoms with Crippen molar-refractivity contribution in [3.05, 3.63) is 29.3 Å². The Morgan fingerprint density at radius 1 is 1.40 bits per heavy atom. The van der Waals surface area contributed by atoms with Gasteiger partial charge in [-0.1, -0.05) is 0 Å². The van der Waals surface area contributed by atoms with E-state index >= 15 is 0 Å². The summed E-state index contributed by atoms with van der Waals surface area (Å²) in [6, 6.07) is 0.251. The van der Waals surface area contributed by atoms with Gasteiger partial charge in [0.15, 0.2) is 0 Å². The molecule has 2 heterocycles. The van der Waals surface area contributed by atoms with Crippen LogP contribution >= 0.6 is 0 Å². The summed E-state index contributed by atoms with van der Waals surface area (Å²) in [7, 11) is 3.68. The van der Waals surface area contributed by atoms with E-state index in [4.69, 9.17) is 4.74 Å². The highest BCUT2D eigenvalue weighted by molar-refractivity contribution is 5.33. The Morgan fingerprint density at radius 3 is 2.75 bits per heavy atom. The molecular weight excluding hydrogens is 254 g/mol. The van der Waals surface area contributed by atoms with Crippen LogP contribution in [0.15, 0.2) is 12.4 Å². The van der Waals surface area contributed by atoms with Crippen molar-refractivity contribution in [2.45, 2.75) is 33.4 Å². The summed E-state index contributed by atoms with van der Waals surface area (Å²) in [5.41, 5.74) is 3.46. The van der Waals surface area contributed by atoms with Gasteiger partial charge < -0.3 is 14.6 Å². The van der Waals surface area contributed by atoms with Gasteiger partial charge in [0.2, 0.25) is 5.95 Å². The number of nitrogens with zero attached hydrogens (tertiary/aromatic N) is 4. The Balaban J connectivity index is 2.10. The van der Waals surface area contributed by atoms with Crippen LogP contribution in [0.25, 0.3) is 0 Å². The van der Waals surface area contributed by atoms with E-state index in [1.807, 2.05) is 24.9 Å². The molecule has 1 atom stereocenters. The fourth-order valence-electron chi connectivity index (χ4n) is 2.37. The predicted octanol–water partition coefficient (Wildman–Crippen LogP) is 2.05. The standard InChI is InChI=1S/C14H23N5O/c1-10(9-20-5)19-7-6-15-14(19)16-8-13-11(2)17-18(4)12(13)3/h6-7,10H,8-9H2,1-5H3,(H,15,16). The molecule has 2 aromatic rings. The molecule has 0 radical (unpaired) electrons. The minimum absolute atomic E-state index is 0.251. The van der Waals surface area contributed by atoms with E-state index < -0.39 is 0 Å². The van der Waals surface area contributed by atoms with Gasteiger partial charge >= 0.3 is 0 Å². The SMILES string of the molecule is COCC(C)n1ccnc1NCc1c(C)nn(C)c1C. The third-order valence-electron chi connectivity index (χ3n) is 3.63. The summed E-state index contributed by atoms with van der Waals surface area (Å²) >= 11 is 0. The maximum Gasteiger partial charge on any atom is 0.203 e. The van der Waals surface area contributed by atoms with Crippen molar-refractivity contribution in [3.8, 4) is 0 Å². The molecule has 0 spiro atoms. The van der Waals surface area contributed by atoms with E-state index in [9.17, 15) is 0 Å². The van der Waals surface area contributed by atoms with Crippen molar-refractivity contribution in [2.75, 3.05) is 19.0 Å². The van der Waals surface area contributed by atoms with Crippen LogP contribution in [0.3, 0.4) is 0 Å². The van der Waals surface area contributed by atoms with Crippen molar-refractivity contribution in [3.63, 3.8) is 0 Å². The summed E-state index contributed by atoms with van der Waals surface area (Å²) < 4.78 is 9.19. The Bertz CT molecular complexity index is 572. The van der Waals surface area contributed by atoms with Gasteiger partial charge in [-0.3, -0.25) is 4.68 Å². The molecular formula is C14H23N5O. The van der Waals surface area contributed by atoms with Crippen LogP contribution in [-0.2, 0) is 18.3 Å². The Kier molecular flexibility index (Phi) is 4.44. The second-order valence-electron chi connectivity index (χ2n) is 5.09. The Hall–Kier alpha value is -1.82. The van der Waals surface area contributed by atoms with Crippen LogP contribution in [0.5, 0.6) is 0 Å². The monoisotopic (exact) mass is 277 g/mol. The number of hydrogen-bond acceptors (Lipinski definition) is 4. The minimum Gasteiger partial charge on any atom is -0.383 e. The van der Waals surface area contributed by atoms with E-state index in [1.165, 1.54) is 11.3 Å². The molecule has 0 fully saturated rings. The number of hydrogen-bond donors (Lipinski definition) is 1. The first kappa shape index (κ1) is 14.6. The number of anilines is 1. The van der Waals surface area contributed by atoms with E-state index in [2.05, 4.69) is 33.8 Å². The third-order valence-corrected chi connectivity index (χ3v) is 3.63. The lowest BCUT2D eigenvalue weighted by Gasteiger charge is -2.16. The molecule has 0 aliphatic heterocycles. The molecule has 0 saturated heterocycles. The summed E-state index contributed by atoms with van der Waals surface area (Å²) in [4.78, 5) is 4.37. The average Bonchev–Trinajstić information content (AvgIpc) is 2.95. The molecule has 0 aliphatic carbocycles. The van der Waals surface area contributed by atoms with Crippen molar-refractivity contribution in [1.82, 2.24) is 19.3 Å². The zero-order chi connectivity index (χ0) is 14.7. The molecule has 1 unspecified atom stereocenters. The fraction of sp³-hybridized carbons (Fsp3) is 0.571. The van der Waals surface area contributed by atoms with E-state index in [-0.39, 0.29) is 6.04 Å². The normalized spacial score (nSPS) is 12.7. The smallest absolute Gasteiger partial charge is 0.203 e. The number of aryl methyl sites for hydroxylation is 2. The number of rotatable bonds is 6. The lowest BCUT2D eigenvalue weighted by Crippen LogP contribution is -2.14. The second kappa shape index (κ2) is 6.09. The average molecular weight is 277 g/mol. The van der Waals surface area contributed by atoms with Crippen LogP contribution < -0.4 is 5.32 Å². The topological polar surface area (TPSA) is 56.9 Å². The first-order chi connectivity index (χ1) is 9.54. The molecule has 0 aliphatic rings. The van der Waals surface area contributed by atoms with Gasteiger partial charge in [-0.05, 0) is 20.8 Å². The maximum absolute atomic E-state index is 5.20. The molecule has 0 amide bonds. The lowest BCUT2D eigenvalue weighted by molar-refractivity contribution is 0.163. The zero-order valence-corrected chi connectivity index (χ0v) is 12.8. The largest absolute Gasteiger partial charge is 0.383 e. The quantitative estimate of drug-likeness (QED) is 0.878. The molecule has 2 rings (SSSR count). The lowest BCUT2D eigenvalue weighted by atomic mass is 10.2. The fourth-order valence-corrected chi connectivity index (χ4v) is 2.37. The van der Waals surface area contributed by atoms with Crippen LogP contribution in [-0.4, -0.2) is 33.0 Å². The summed E-state index contributed by atoms with van der Waals surface area (Å²) in [6.07, 6.45) is 3.77. The second-order valence-corrected chi connectivity index (χ2v) is 5.09. The summed E-state index contributed by atoms with van der Waals surface area (Å²) in [5, 5.41) is 7.81. The zero-order valence-electron chi connectivity index (χ0n) is 12.8. The Labute approximate surface area is 119 Å². The highest BCUT2D eigenvalue weighted by atomic mass is 16.5. The van der Waals surface area contributed by atoms with Gasteiger partial charge in [0.1, 0.15) is 0 Å². The molecule has 6 nitrogen and oxygen atoms in total. The van der Waals surface area contributed by atoms with Crippen LogP contribution in [0.2, 0.25) is 0 Å². The van der Waals surface area contributed by atoms with Gasteiger partial charge in [-0.25, -0.2) is 4.98 Å². The third kappa shape index (κ3) is 2.85. The van der Waals surface area contributed by atoms with E-state index in [1.54, 1.807) is 13.3 Å². The van der Waals surface area contributed by atoms with Crippen molar-refractivity contribution in [1.29, 1.82) is 0 Å². The van der Waals surface area contributed by atoms with Crippen molar-refractivity contribution < 1.29 is 4.74 Å². The first-order valence-corrected chi connectivity index (χ1v) is 6.79. The molecule has 110 valence electrons. The van der Waals surface area contributed by atoms with Gasteiger partial charge in [-0.15, -0.1) is 0 Å². The van der Waals surface area contributed by atoms with Crippen LogP contribution in [0, 0.1) is 13.8 Å². The summed E-state index contributed by atoms with van der Waals surface area (Å²) in [6.45, 7) is 7.61. The minimum atomic E-state index is 0.251. The molecule has 0 bridgehead atoms. The van der Waals surface area contributed by atoms with Gasteiger partial charge in [0, 0.05) is 44.4 Å². The van der Waals surface area contributed by atoms with Crippen LogP contribution in [0.4, 0.5) is 5.95 Å². The van der Waals surface area contributed by atoms with E-state index in [0.717, 1.165) is 18.2 Å². The van der Waals surface area contributed by atoms with Crippen LogP contribution in [0.1, 0.15) is 29.9 Å². The molecule has 2 aromatic heterocycles. The predicted molar refractivity (Wildman–Crippen MR) is 78.8 cm³/mol. The number of aromatic nitrogens is 4. The van der Waals surface area contributed by atoms with E-state index in [0.29, 0.717) is 6.61 Å². The van der Waals surface area contributed by atoms with Gasteiger partial charge in [0.25, 0.3) is 0 Å². The highest BCUT2D eigenvalue weighted by Gasteiger charge is 2.12. The first-order valence-electron chi connectivity index (χ1n) is 6.79. The summed E-state index contributed by atoms with van der Waals surface area (Å²) in [5.74, 6) is 0.859. The molecule has 20 heavy (non-hydrogen) atoms. The molecule has 1 N–H and O–H groups in total. The van der Waals surface area contributed by atoms with Gasteiger partial charge in [0.05, 0.1) is 18.3 Å². The van der Waals surface area contributed by atoms with Crippen molar-refractivity contribution >= 4 is 5.95 Å². The molecule has 0 aromatic carbocycles. The van der Waals surface area contributed by atoms with Crippen molar-refractivity contribution in [2.24, 2.45) is 7.05 Å². The maximum atomic E-state index is 5.20. The number of ether oxygens (including phenoxy) is 1.